The van der Waals surface area contributed by atoms with Crippen molar-refractivity contribution in [3.05, 3.63) is 28.2 Å². The minimum atomic E-state index is -4.69. The summed E-state index contributed by atoms with van der Waals surface area (Å²) in [4.78, 5) is 0. The molecule has 0 aromatic heterocycles. The summed E-state index contributed by atoms with van der Waals surface area (Å²) < 4.78 is 40.4. The van der Waals surface area contributed by atoms with E-state index in [0.29, 0.717) is 6.54 Å². The third-order valence-electron chi connectivity index (χ3n) is 2.56. The van der Waals surface area contributed by atoms with Gasteiger partial charge in [0.2, 0.25) is 0 Å². The molecule has 0 bridgehead atoms. The fraction of sp³-hybridized carbons (Fsp3) is 0.538. The van der Waals surface area contributed by atoms with Crippen molar-refractivity contribution in [1.82, 2.24) is 5.32 Å². The predicted octanol–water partition coefficient (Wildman–Crippen LogP) is 3.60. The van der Waals surface area contributed by atoms with Gasteiger partial charge in [0.05, 0.1) is 4.47 Å². The number of benzene rings is 1. The summed E-state index contributed by atoms with van der Waals surface area (Å²) in [6.07, 6.45) is -1.99. The summed E-state index contributed by atoms with van der Waals surface area (Å²) in [5.41, 5.74) is 0.869. The van der Waals surface area contributed by atoms with Gasteiger partial charge in [-0.05, 0) is 59.4 Å². The molecule has 0 spiro atoms. The Balaban J connectivity index is 2.39. The second-order valence-electron chi connectivity index (χ2n) is 4.27. The number of hydrogen-bond acceptors (Lipinski definition) is 3. The monoisotopic (exact) mass is 355 g/mol. The van der Waals surface area contributed by atoms with Gasteiger partial charge in [-0.3, -0.25) is 0 Å². The van der Waals surface area contributed by atoms with Crippen molar-refractivity contribution in [3.63, 3.8) is 0 Å². The zero-order valence-electron chi connectivity index (χ0n) is 10.8. The van der Waals surface area contributed by atoms with Crippen LogP contribution in [0, 0.1) is 0 Å². The maximum atomic E-state index is 12.1. The number of ether oxygens (including phenoxy) is 1. The minimum absolute atomic E-state index is 0.202. The highest BCUT2D eigenvalue weighted by molar-refractivity contribution is 9.10. The Labute approximate surface area is 124 Å². The molecule has 0 aliphatic carbocycles. The molecular formula is C13H17BrF3NO2. The average Bonchev–Trinajstić information content (AvgIpc) is 2.35. The van der Waals surface area contributed by atoms with Gasteiger partial charge in [0, 0.05) is 13.2 Å². The molecule has 0 saturated carbocycles. The summed E-state index contributed by atoms with van der Waals surface area (Å²) in [5.74, 6) is -0.246. The lowest BCUT2D eigenvalue weighted by atomic mass is 10.2. The van der Waals surface area contributed by atoms with E-state index in [1.54, 1.807) is 12.1 Å². The van der Waals surface area contributed by atoms with E-state index in [1.807, 2.05) is 0 Å². The fourth-order valence-electron chi connectivity index (χ4n) is 1.63. The van der Waals surface area contributed by atoms with Gasteiger partial charge < -0.3 is 15.2 Å². The quantitative estimate of drug-likeness (QED) is 0.700. The van der Waals surface area contributed by atoms with E-state index in [-0.39, 0.29) is 16.8 Å². The highest BCUT2D eigenvalue weighted by atomic mass is 79.9. The van der Waals surface area contributed by atoms with Crippen LogP contribution in [0.4, 0.5) is 13.2 Å². The molecule has 7 heteroatoms. The maximum Gasteiger partial charge on any atom is 0.573 e. The van der Waals surface area contributed by atoms with E-state index >= 15 is 0 Å². The van der Waals surface area contributed by atoms with E-state index < -0.39 is 6.36 Å². The Hall–Kier alpha value is -0.790. The first-order valence-electron chi connectivity index (χ1n) is 6.28. The molecule has 0 heterocycles. The van der Waals surface area contributed by atoms with Crippen molar-refractivity contribution in [2.45, 2.75) is 32.2 Å². The van der Waals surface area contributed by atoms with Gasteiger partial charge in [-0.2, -0.15) is 0 Å². The Kier molecular flexibility index (Phi) is 7.32. The number of rotatable bonds is 8. The Morgan fingerprint density at radius 1 is 1.20 bits per heavy atom. The second kappa shape index (κ2) is 8.49. The largest absolute Gasteiger partial charge is 0.573 e. The van der Waals surface area contributed by atoms with Crippen LogP contribution in [0.3, 0.4) is 0 Å². The van der Waals surface area contributed by atoms with Crippen LogP contribution in [0.2, 0.25) is 0 Å². The van der Waals surface area contributed by atoms with Gasteiger partial charge in [-0.1, -0.05) is 6.07 Å². The predicted molar refractivity (Wildman–Crippen MR) is 73.5 cm³/mol. The van der Waals surface area contributed by atoms with E-state index in [1.165, 1.54) is 6.07 Å². The van der Waals surface area contributed by atoms with Crippen LogP contribution in [-0.2, 0) is 6.54 Å². The third kappa shape index (κ3) is 7.12. The Bertz CT molecular complexity index is 413. The molecule has 0 unspecified atom stereocenters. The number of nitrogens with one attached hydrogen (secondary N) is 1. The maximum absolute atomic E-state index is 12.1. The lowest BCUT2D eigenvalue weighted by Gasteiger charge is -2.12. The molecule has 0 fully saturated rings. The highest BCUT2D eigenvalue weighted by Crippen LogP contribution is 2.30. The van der Waals surface area contributed by atoms with Crippen molar-refractivity contribution >= 4 is 15.9 Å². The molecule has 114 valence electrons. The summed E-state index contributed by atoms with van der Waals surface area (Å²) in [6.45, 7) is 1.58. The zero-order valence-corrected chi connectivity index (χ0v) is 12.4. The van der Waals surface area contributed by atoms with Crippen molar-refractivity contribution in [2.24, 2.45) is 0 Å². The topological polar surface area (TPSA) is 41.5 Å². The van der Waals surface area contributed by atoms with Crippen LogP contribution in [-0.4, -0.2) is 24.6 Å². The number of alkyl halides is 3. The molecule has 0 aliphatic heterocycles. The van der Waals surface area contributed by atoms with Crippen molar-refractivity contribution in [1.29, 1.82) is 0 Å². The zero-order chi connectivity index (χ0) is 15.0. The van der Waals surface area contributed by atoms with Gasteiger partial charge in [0.25, 0.3) is 0 Å². The molecule has 0 saturated heterocycles. The Morgan fingerprint density at radius 3 is 2.55 bits per heavy atom. The summed E-state index contributed by atoms with van der Waals surface area (Å²) in [6, 6.07) is 4.48. The van der Waals surface area contributed by atoms with Crippen molar-refractivity contribution in [2.75, 3.05) is 13.2 Å². The Morgan fingerprint density at radius 2 is 1.95 bits per heavy atom. The molecule has 1 aromatic rings. The molecule has 0 radical (unpaired) electrons. The van der Waals surface area contributed by atoms with Gasteiger partial charge in [0.15, 0.2) is 0 Å². The fourth-order valence-corrected chi connectivity index (χ4v) is 2.14. The average molecular weight is 356 g/mol. The van der Waals surface area contributed by atoms with Crippen LogP contribution < -0.4 is 10.1 Å². The second-order valence-corrected chi connectivity index (χ2v) is 5.13. The molecule has 0 aliphatic rings. The minimum Gasteiger partial charge on any atom is -0.405 e. The SMILES string of the molecule is OCCCCCNCc1ccc(OC(F)(F)F)c(Br)c1. The number of aliphatic hydroxyl groups is 1. The lowest BCUT2D eigenvalue weighted by molar-refractivity contribution is -0.274. The van der Waals surface area contributed by atoms with E-state index in [9.17, 15) is 13.2 Å². The van der Waals surface area contributed by atoms with E-state index in [2.05, 4.69) is 26.0 Å². The summed E-state index contributed by atoms with van der Waals surface area (Å²) >= 11 is 3.06. The van der Waals surface area contributed by atoms with Crippen LogP contribution in [0.1, 0.15) is 24.8 Å². The van der Waals surface area contributed by atoms with Gasteiger partial charge in [0.1, 0.15) is 5.75 Å². The van der Waals surface area contributed by atoms with Gasteiger partial charge in [-0.25, -0.2) is 0 Å². The van der Waals surface area contributed by atoms with E-state index in [4.69, 9.17) is 5.11 Å². The highest BCUT2D eigenvalue weighted by Gasteiger charge is 2.31. The number of aliphatic hydroxyl groups excluding tert-OH is 1. The van der Waals surface area contributed by atoms with Crippen molar-refractivity contribution in [3.8, 4) is 5.75 Å². The molecule has 3 nitrogen and oxygen atoms in total. The summed E-state index contributed by atoms with van der Waals surface area (Å²) in [5, 5.41) is 11.8. The van der Waals surface area contributed by atoms with Crippen LogP contribution in [0.5, 0.6) is 5.75 Å². The standard InChI is InChI=1S/C13H17BrF3NO2/c14-11-8-10(9-18-6-2-1-3-7-19)4-5-12(11)20-13(15,16)17/h4-5,8,18-19H,1-3,6-7,9H2. The smallest absolute Gasteiger partial charge is 0.405 e. The molecule has 0 atom stereocenters. The first kappa shape index (κ1) is 17.3. The first-order valence-corrected chi connectivity index (χ1v) is 7.07. The van der Waals surface area contributed by atoms with E-state index in [0.717, 1.165) is 31.4 Å². The molecular weight excluding hydrogens is 339 g/mol. The number of halogens is 4. The molecule has 1 rings (SSSR count). The van der Waals surface area contributed by atoms with Gasteiger partial charge in [-0.15, -0.1) is 13.2 Å². The number of hydrogen-bond donors (Lipinski definition) is 2. The van der Waals surface area contributed by atoms with Crippen LogP contribution in [0.15, 0.2) is 22.7 Å². The third-order valence-corrected chi connectivity index (χ3v) is 3.18. The number of unbranched alkanes of at least 4 members (excludes halogenated alkanes) is 2. The lowest BCUT2D eigenvalue weighted by Crippen LogP contribution is -2.18. The summed E-state index contributed by atoms with van der Waals surface area (Å²) in [7, 11) is 0. The molecule has 2 N–H and O–H groups in total. The van der Waals surface area contributed by atoms with Crippen LogP contribution in [0.25, 0.3) is 0 Å². The van der Waals surface area contributed by atoms with Gasteiger partial charge >= 0.3 is 6.36 Å². The van der Waals surface area contributed by atoms with Crippen molar-refractivity contribution < 1.29 is 23.0 Å². The normalized spacial score (nSPS) is 11.7. The molecule has 1 aromatic carbocycles. The first-order chi connectivity index (χ1) is 9.42. The van der Waals surface area contributed by atoms with Crippen LogP contribution >= 0.6 is 15.9 Å². The molecule has 20 heavy (non-hydrogen) atoms. The molecule has 0 amide bonds.